The summed E-state index contributed by atoms with van der Waals surface area (Å²) >= 11 is 3.50. The van der Waals surface area contributed by atoms with Crippen molar-refractivity contribution in [1.82, 2.24) is 16.1 Å². The molecule has 0 aromatic heterocycles. The van der Waals surface area contributed by atoms with Crippen LogP contribution in [0.2, 0.25) is 0 Å². The van der Waals surface area contributed by atoms with Crippen LogP contribution >= 0.6 is 15.9 Å². The Morgan fingerprint density at radius 3 is 2.51 bits per heavy atom. The Hall–Kier alpha value is -4.84. The molecule has 224 valence electrons. The Kier molecular flexibility index (Phi) is 10.8. The molecule has 0 aliphatic carbocycles. The Morgan fingerprint density at radius 2 is 1.79 bits per heavy atom. The minimum atomic E-state index is -0.766. The molecule has 1 atom stereocenters. The zero-order valence-corrected chi connectivity index (χ0v) is 25.4. The second-order valence-corrected chi connectivity index (χ2v) is 10.1. The maximum absolute atomic E-state index is 12.6. The molecule has 1 aliphatic heterocycles. The predicted molar refractivity (Wildman–Crippen MR) is 163 cm³/mol. The van der Waals surface area contributed by atoms with Gasteiger partial charge in [0.1, 0.15) is 12.4 Å². The zero-order valence-electron chi connectivity index (χ0n) is 23.8. The van der Waals surface area contributed by atoms with Crippen LogP contribution in [0.25, 0.3) is 0 Å². The molecule has 1 heterocycles. The highest BCUT2D eigenvalue weighted by molar-refractivity contribution is 9.10. The summed E-state index contributed by atoms with van der Waals surface area (Å²) in [5.74, 6) is 0.247. The van der Waals surface area contributed by atoms with Crippen molar-refractivity contribution >= 4 is 40.1 Å². The maximum atomic E-state index is 12.6. The Morgan fingerprint density at radius 1 is 1.02 bits per heavy atom. The van der Waals surface area contributed by atoms with Crippen LogP contribution in [0.4, 0.5) is 4.79 Å². The van der Waals surface area contributed by atoms with Gasteiger partial charge in [-0.15, -0.1) is 0 Å². The van der Waals surface area contributed by atoms with Gasteiger partial charge < -0.3 is 29.6 Å². The molecule has 3 amide bonds. The number of hydrazone groups is 1. The third kappa shape index (κ3) is 8.35. The summed E-state index contributed by atoms with van der Waals surface area (Å²) < 4.78 is 22.9. The van der Waals surface area contributed by atoms with Crippen LogP contribution in [0.5, 0.6) is 17.2 Å². The molecule has 0 spiro atoms. The topological polar surface area (TPSA) is 137 Å². The molecule has 11 nitrogen and oxygen atoms in total. The van der Waals surface area contributed by atoms with Gasteiger partial charge >= 0.3 is 12.0 Å². The van der Waals surface area contributed by atoms with Gasteiger partial charge in [0, 0.05) is 5.70 Å². The molecule has 12 heteroatoms. The van der Waals surface area contributed by atoms with E-state index in [1.807, 2.05) is 48.5 Å². The van der Waals surface area contributed by atoms with Crippen molar-refractivity contribution in [2.24, 2.45) is 5.10 Å². The molecule has 0 fully saturated rings. The number of nitrogens with zero attached hydrogens (tertiary/aromatic N) is 1. The lowest BCUT2D eigenvalue weighted by molar-refractivity contribution is -0.139. The number of carbonyl (C=O) groups excluding carboxylic acids is 3. The number of hydrogen-bond donors (Lipinski definition) is 3. The van der Waals surface area contributed by atoms with Crippen molar-refractivity contribution in [3.05, 3.63) is 99.2 Å². The summed E-state index contributed by atoms with van der Waals surface area (Å²) in [7, 11) is 1.45. The number of allylic oxidation sites excluding steroid dienone is 1. The van der Waals surface area contributed by atoms with Gasteiger partial charge in [-0.2, -0.15) is 5.10 Å². The first kappa shape index (κ1) is 31.1. The lowest BCUT2D eigenvalue weighted by atomic mass is 9.95. The number of amides is 3. The largest absolute Gasteiger partial charge is 0.493 e. The average Bonchev–Trinajstić information content (AvgIpc) is 2.99. The molecular weight excluding hydrogens is 620 g/mol. The first-order valence-electron chi connectivity index (χ1n) is 13.3. The molecule has 3 aromatic rings. The summed E-state index contributed by atoms with van der Waals surface area (Å²) in [5, 5.41) is 9.33. The van der Waals surface area contributed by atoms with Gasteiger partial charge in [-0.25, -0.2) is 15.0 Å². The number of carbonyl (C=O) groups is 3. The van der Waals surface area contributed by atoms with Crippen LogP contribution in [-0.2, 0) is 20.9 Å². The van der Waals surface area contributed by atoms with Crippen LogP contribution in [0.15, 0.2) is 87.6 Å². The monoisotopic (exact) mass is 650 g/mol. The Bertz CT molecular complexity index is 1540. The van der Waals surface area contributed by atoms with E-state index < -0.39 is 23.9 Å². The predicted octanol–water partition coefficient (Wildman–Crippen LogP) is 4.76. The SMILES string of the molecule is CCOC(=O)C1=C(C)NC(=O)N[C@@H]1c1ccc(OCC(=O)N/N=C\c2ccc(OCc3ccccc3)c(Br)c2)c(OC)c1. The highest BCUT2D eigenvalue weighted by atomic mass is 79.9. The van der Waals surface area contributed by atoms with Crippen molar-refractivity contribution < 1.29 is 33.3 Å². The molecule has 4 rings (SSSR count). The van der Waals surface area contributed by atoms with Gasteiger partial charge in [0.15, 0.2) is 18.1 Å². The molecule has 0 bridgehead atoms. The van der Waals surface area contributed by atoms with Gasteiger partial charge in [-0.3, -0.25) is 4.79 Å². The van der Waals surface area contributed by atoms with E-state index in [-0.39, 0.29) is 18.8 Å². The number of urea groups is 1. The van der Waals surface area contributed by atoms with Crippen molar-refractivity contribution in [2.75, 3.05) is 20.3 Å². The quantitative estimate of drug-likeness (QED) is 0.146. The van der Waals surface area contributed by atoms with Gasteiger partial charge in [-0.05, 0) is 76.8 Å². The summed E-state index contributed by atoms with van der Waals surface area (Å²) in [6, 6.07) is 19.0. The molecule has 3 aromatic carbocycles. The van der Waals surface area contributed by atoms with Crippen LogP contribution in [0.1, 0.15) is 36.6 Å². The number of esters is 1. The number of methoxy groups -OCH3 is 1. The van der Waals surface area contributed by atoms with Crippen molar-refractivity contribution in [3.8, 4) is 17.2 Å². The van der Waals surface area contributed by atoms with E-state index in [0.29, 0.717) is 35.1 Å². The van der Waals surface area contributed by atoms with Crippen molar-refractivity contribution in [3.63, 3.8) is 0 Å². The summed E-state index contributed by atoms with van der Waals surface area (Å²) in [6.45, 7) is 3.63. The van der Waals surface area contributed by atoms with Gasteiger partial charge in [0.05, 0.1) is 36.0 Å². The Labute approximate surface area is 257 Å². The first-order valence-corrected chi connectivity index (χ1v) is 14.1. The molecule has 3 N–H and O–H groups in total. The highest BCUT2D eigenvalue weighted by Gasteiger charge is 2.32. The highest BCUT2D eigenvalue weighted by Crippen LogP contribution is 2.34. The lowest BCUT2D eigenvalue weighted by Crippen LogP contribution is -2.45. The van der Waals surface area contributed by atoms with E-state index in [0.717, 1.165) is 15.6 Å². The molecular formula is C31H31BrN4O7. The number of benzene rings is 3. The van der Waals surface area contributed by atoms with Gasteiger partial charge in [-0.1, -0.05) is 36.4 Å². The minimum absolute atomic E-state index is 0.187. The Balaban J connectivity index is 1.33. The lowest BCUT2D eigenvalue weighted by Gasteiger charge is -2.28. The van der Waals surface area contributed by atoms with E-state index >= 15 is 0 Å². The number of halogens is 1. The molecule has 0 radical (unpaired) electrons. The zero-order chi connectivity index (χ0) is 30.8. The van der Waals surface area contributed by atoms with E-state index in [1.54, 1.807) is 32.0 Å². The summed E-state index contributed by atoms with van der Waals surface area (Å²) in [5.41, 5.74) is 5.47. The fourth-order valence-corrected chi connectivity index (χ4v) is 4.72. The van der Waals surface area contributed by atoms with Gasteiger partial charge in [0.2, 0.25) is 0 Å². The van der Waals surface area contributed by atoms with E-state index in [4.69, 9.17) is 18.9 Å². The number of nitrogens with one attached hydrogen (secondary N) is 3. The third-order valence-electron chi connectivity index (χ3n) is 6.24. The molecule has 43 heavy (non-hydrogen) atoms. The second-order valence-electron chi connectivity index (χ2n) is 9.25. The first-order chi connectivity index (χ1) is 20.8. The number of hydrogen-bond acceptors (Lipinski definition) is 8. The molecule has 1 aliphatic rings. The van der Waals surface area contributed by atoms with Crippen LogP contribution < -0.4 is 30.3 Å². The fraction of sp³-hybridized carbons (Fsp3) is 0.226. The molecule has 0 unspecified atom stereocenters. The minimum Gasteiger partial charge on any atom is -0.493 e. The fourth-order valence-electron chi connectivity index (χ4n) is 4.21. The number of ether oxygens (including phenoxy) is 4. The van der Waals surface area contributed by atoms with Crippen LogP contribution in [0, 0.1) is 0 Å². The normalized spacial score (nSPS) is 14.5. The standard InChI is InChI=1S/C31H31BrN4O7/c1-4-41-30(38)28-19(2)34-31(39)35-29(28)22-11-13-25(26(15-22)40-3)43-18-27(37)36-33-16-21-10-12-24(23(32)14-21)42-17-20-8-6-5-7-9-20/h5-16,29H,4,17-18H2,1-3H3,(H,36,37)(H2,34,35,39)/b33-16-/t29-/m1/s1. The maximum Gasteiger partial charge on any atom is 0.338 e. The number of rotatable bonds is 12. The van der Waals surface area contributed by atoms with Crippen molar-refractivity contribution in [2.45, 2.75) is 26.5 Å². The average molecular weight is 652 g/mol. The van der Waals surface area contributed by atoms with Crippen LogP contribution in [-0.4, -0.2) is 44.4 Å². The smallest absolute Gasteiger partial charge is 0.338 e. The third-order valence-corrected chi connectivity index (χ3v) is 6.86. The second kappa shape index (κ2) is 14.9. The molecule has 0 saturated heterocycles. The van der Waals surface area contributed by atoms with E-state index in [9.17, 15) is 14.4 Å². The molecule has 0 saturated carbocycles. The van der Waals surface area contributed by atoms with Crippen molar-refractivity contribution in [1.29, 1.82) is 0 Å². The summed E-state index contributed by atoms with van der Waals surface area (Å²) in [6.07, 6.45) is 1.50. The summed E-state index contributed by atoms with van der Waals surface area (Å²) in [4.78, 5) is 37.1. The van der Waals surface area contributed by atoms with Gasteiger partial charge in [0.25, 0.3) is 5.91 Å². The van der Waals surface area contributed by atoms with E-state index in [1.165, 1.54) is 13.3 Å². The van der Waals surface area contributed by atoms with E-state index in [2.05, 4.69) is 37.1 Å². The van der Waals surface area contributed by atoms with Crippen LogP contribution in [0.3, 0.4) is 0 Å².